The highest BCUT2D eigenvalue weighted by atomic mass is 35.5. The predicted molar refractivity (Wildman–Crippen MR) is 99.3 cm³/mol. The van der Waals surface area contributed by atoms with Crippen molar-refractivity contribution in [2.75, 3.05) is 0 Å². The Kier molecular flexibility index (Phi) is 5.27. The lowest BCUT2D eigenvalue weighted by molar-refractivity contribution is -0.121. The number of fused-ring (bicyclic) bond motifs is 1. The Bertz CT molecular complexity index is 1020. The van der Waals surface area contributed by atoms with Gasteiger partial charge in [0.25, 0.3) is 5.56 Å². The zero-order chi connectivity index (χ0) is 18.0. The van der Waals surface area contributed by atoms with Gasteiger partial charge in [-0.05, 0) is 35.9 Å². The summed E-state index contributed by atoms with van der Waals surface area (Å²) in [7, 11) is 0. The number of aromatic nitrogens is 2. The average molecular weight is 397 g/mol. The molecule has 0 spiro atoms. The molecule has 128 valence electrons. The molecule has 0 bridgehead atoms. The molecule has 1 heterocycles. The first-order chi connectivity index (χ1) is 11.9. The molecule has 3 aromatic rings. The van der Waals surface area contributed by atoms with E-state index in [9.17, 15) is 9.59 Å². The van der Waals surface area contributed by atoms with Gasteiger partial charge >= 0.3 is 0 Å². The topological polar surface area (TPSA) is 64.0 Å². The van der Waals surface area contributed by atoms with Crippen LogP contribution in [0.15, 0.2) is 47.5 Å². The number of hydrogen-bond acceptors (Lipinski definition) is 3. The van der Waals surface area contributed by atoms with Crippen molar-refractivity contribution in [2.24, 2.45) is 0 Å². The maximum atomic E-state index is 12.4. The Balaban J connectivity index is 1.73. The SMILES string of the molecule is O=C(Cn1cnc2ccc(Cl)cc2c1=O)NCc1ccc(Cl)cc1Cl. The number of benzene rings is 2. The zero-order valence-corrected chi connectivity index (χ0v) is 15.1. The molecular formula is C17H12Cl3N3O2. The van der Waals surface area contributed by atoms with Crippen LogP contribution in [0.3, 0.4) is 0 Å². The summed E-state index contributed by atoms with van der Waals surface area (Å²) in [6.45, 7) is 0.0793. The van der Waals surface area contributed by atoms with Crippen molar-refractivity contribution in [3.63, 3.8) is 0 Å². The van der Waals surface area contributed by atoms with Gasteiger partial charge in [0.1, 0.15) is 6.54 Å². The maximum absolute atomic E-state index is 12.4. The van der Waals surface area contributed by atoms with Gasteiger partial charge in [-0.1, -0.05) is 40.9 Å². The van der Waals surface area contributed by atoms with Gasteiger partial charge in [-0.2, -0.15) is 0 Å². The molecule has 0 saturated heterocycles. The second-order valence-corrected chi connectivity index (χ2v) is 6.63. The third kappa shape index (κ3) is 4.12. The summed E-state index contributed by atoms with van der Waals surface area (Å²) in [5, 5.41) is 4.50. The van der Waals surface area contributed by atoms with Crippen molar-refractivity contribution < 1.29 is 4.79 Å². The summed E-state index contributed by atoms with van der Waals surface area (Å²) in [5.74, 6) is -0.337. The van der Waals surface area contributed by atoms with Crippen LogP contribution in [0.2, 0.25) is 15.1 Å². The van der Waals surface area contributed by atoms with Gasteiger partial charge in [0.2, 0.25) is 5.91 Å². The first-order valence-electron chi connectivity index (χ1n) is 7.29. The summed E-state index contributed by atoms with van der Waals surface area (Å²) in [6, 6.07) is 9.88. The lowest BCUT2D eigenvalue weighted by Crippen LogP contribution is -2.32. The lowest BCUT2D eigenvalue weighted by atomic mass is 10.2. The van der Waals surface area contributed by atoms with Crippen LogP contribution in [-0.2, 0) is 17.9 Å². The molecule has 8 heteroatoms. The molecule has 5 nitrogen and oxygen atoms in total. The molecule has 0 unspecified atom stereocenters. The summed E-state index contributed by atoms with van der Waals surface area (Å²) in [4.78, 5) is 28.7. The van der Waals surface area contributed by atoms with Gasteiger partial charge in [0.15, 0.2) is 0 Å². The molecule has 0 aliphatic carbocycles. The van der Waals surface area contributed by atoms with Gasteiger partial charge in [-0.3, -0.25) is 14.2 Å². The van der Waals surface area contributed by atoms with E-state index in [2.05, 4.69) is 10.3 Å². The Labute approximate surface area is 158 Å². The van der Waals surface area contributed by atoms with Crippen LogP contribution in [0.5, 0.6) is 0 Å². The van der Waals surface area contributed by atoms with E-state index >= 15 is 0 Å². The maximum Gasteiger partial charge on any atom is 0.261 e. The zero-order valence-electron chi connectivity index (χ0n) is 12.8. The fourth-order valence-corrected chi connectivity index (χ4v) is 2.96. The van der Waals surface area contributed by atoms with Crippen LogP contribution in [0.4, 0.5) is 0 Å². The molecule has 0 aliphatic heterocycles. The van der Waals surface area contributed by atoms with Gasteiger partial charge in [-0.25, -0.2) is 4.98 Å². The summed E-state index contributed by atoms with van der Waals surface area (Å²) in [5.41, 5.74) is 0.932. The predicted octanol–water partition coefficient (Wildman–Crippen LogP) is 3.67. The van der Waals surface area contributed by atoms with E-state index in [0.717, 1.165) is 5.56 Å². The van der Waals surface area contributed by atoms with Crippen LogP contribution in [0.25, 0.3) is 10.9 Å². The number of carbonyl (C=O) groups is 1. The lowest BCUT2D eigenvalue weighted by Gasteiger charge is -2.09. The molecule has 1 N–H and O–H groups in total. The molecule has 1 aromatic heterocycles. The summed E-state index contributed by atoms with van der Waals surface area (Å²) < 4.78 is 1.23. The van der Waals surface area contributed by atoms with E-state index in [1.54, 1.807) is 30.3 Å². The molecule has 25 heavy (non-hydrogen) atoms. The van der Waals surface area contributed by atoms with Crippen LogP contribution >= 0.6 is 34.8 Å². The number of rotatable bonds is 4. The van der Waals surface area contributed by atoms with Gasteiger partial charge in [-0.15, -0.1) is 0 Å². The molecular weight excluding hydrogens is 385 g/mol. The first kappa shape index (κ1) is 17.7. The van der Waals surface area contributed by atoms with Crippen molar-refractivity contribution in [2.45, 2.75) is 13.1 Å². The number of amides is 1. The molecule has 0 atom stereocenters. The van der Waals surface area contributed by atoms with Crippen LogP contribution in [0, 0.1) is 0 Å². The highest BCUT2D eigenvalue weighted by Crippen LogP contribution is 2.20. The molecule has 2 aromatic carbocycles. The highest BCUT2D eigenvalue weighted by molar-refractivity contribution is 6.35. The van der Waals surface area contributed by atoms with Crippen LogP contribution in [-0.4, -0.2) is 15.5 Å². The molecule has 0 fully saturated rings. The highest BCUT2D eigenvalue weighted by Gasteiger charge is 2.09. The fraction of sp³-hybridized carbons (Fsp3) is 0.118. The Hall–Kier alpha value is -2.08. The number of carbonyl (C=O) groups excluding carboxylic acids is 1. The van der Waals surface area contributed by atoms with Crippen LogP contribution in [0.1, 0.15) is 5.56 Å². The minimum Gasteiger partial charge on any atom is -0.350 e. The Morgan fingerprint density at radius 3 is 2.56 bits per heavy atom. The van der Waals surface area contributed by atoms with E-state index in [-0.39, 0.29) is 24.6 Å². The number of nitrogens with one attached hydrogen (secondary N) is 1. The normalized spacial score (nSPS) is 10.8. The van der Waals surface area contributed by atoms with Crippen molar-refractivity contribution >= 4 is 51.6 Å². The van der Waals surface area contributed by atoms with Crippen molar-refractivity contribution in [1.29, 1.82) is 0 Å². The molecule has 0 radical (unpaired) electrons. The molecule has 0 aliphatic rings. The Morgan fingerprint density at radius 1 is 1.08 bits per heavy atom. The first-order valence-corrected chi connectivity index (χ1v) is 8.43. The number of halogens is 3. The Morgan fingerprint density at radius 2 is 1.80 bits per heavy atom. The summed E-state index contributed by atoms with van der Waals surface area (Å²) in [6.07, 6.45) is 1.34. The average Bonchev–Trinajstić information content (AvgIpc) is 2.57. The van der Waals surface area contributed by atoms with Gasteiger partial charge in [0.05, 0.1) is 17.2 Å². The second kappa shape index (κ2) is 7.44. The smallest absolute Gasteiger partial charge is 0.261 e. The largest absolute Gasteiger partial charge is 0.350 e. The second-order valence-electron chi connectivity index (χ2n) is 5.35. The fourth-order valence-electron chi connectivity index (χ4n) is 2.31. The summed E-state index contributed by atoms with van der Waals surface area (Å²) >= 11 is 17.8. The van der Waals surface area contributed by atoms with Gasteiger partial charge in [0, 0.05) is 21.6 Å². The van der Waals surface area contributed by atoms with E-state index in [1.165, 1.54) is 17.0 Å². The van der Waals surface area contributed by atoms with E-state index < -0.39 is 0 Å². The third-order valence-electron chi connectivity index (χ3n) is 3.59. The van der Waals surface area contributed by atoms with E-state index in [4.69, 9.17) is 34.8 Å². The van der Waals surface area contributed by atoms with E-state index in [1.807, 2.05) is 0 Å². The van der Waals surface area contributed by atoms with Crippen molar-refractivity contribution in [1.82, 2.24) is 14.9 Å². The molecule has 3 rings (SSSR count). The van der Waals surface area contributed by atoms with Gasteiger partial charge < -0.3 is 5.32 Å². The monoisotopic (exact) mass is 395 g/mol. The minimum absolute atomic E-state index is 0.153. The van der Waals surface area contributed by atoms with E-state index in [0.29, 0.717) is 26.0 Å². The quantitative estimate of drug-likeness (QED) is 0.732. The standard InChI is InChI=1S/C17H12Cl3N3O2/c18-11-3-4-15-13(5-11)17(25)23(9-22-15)8-16(24)21-7-10-1-2-12(19)6-14(10)20/h1-6,9H,7-8H2,(H,21,24). The van der Waals surface area contributed by atoms with Crippen molar-refractivity contribution in [3.8, 4) is 0 Å². The third-order valence-corrected chi connectivity index (χ3v) is 4.41. The van der Waals surface area contributed by atoms with Crippen molar-refractivity contribution in [3.05, 3.63) is 73.7 Å². The minimum atomic E-state index is -0.337. The number of nitrogens with zero attached hydrogens (tertiary/aromatic N) is 2. The molecule has 1 amide bonds. The number of hydrogen-bond donors (Lipinski definition) is 1. The molecule has 0 saturated carbocycles. The van der Waals surface area contributed by atoms with Crippen LogP contribution < -0.4 is 10.9 Å².